The van der Waals surface area contributed by atoms with Gasteiger partial charge in [-0.15, -0.1) is 0 Å². The van der Waals surface area contributed by atoms with Crippen LogP contribution in [0.2, 0.25) is 0 Å². The highest BCUT2D eigenvalue weighted by atomic mass is 16.3. The van der Waals surface area contributed by atoms with Crippen molar-refractivity contribution in [2.45, 2.75) is 50.9 Å². The van der Waals surface area contributed by atoms with Gasteiger partial charge in [0.1, 0.15) is 11.2 Å². The normalized spacial score (nSPS) is 26.8. The number of hydrogen-bond acceptors (Lipinski definition) is 1. The van der Waals surface area contributed by atoms with E-state index in [4.69, 9.17) is 4.42 Å². The highest BCUT2D eigenvalue weighted by Gasteiger charge is 2.51. The van der Waals surface area contributed by atoms with Crippen LogP contribution in [0.3, 0.4) is 0 Å². The summed E-state index contributed by atoms with van der Waals surface area (Å²) in [5, 5.41) is 2.37. The van der Waals surface area contributed by atoms with Crippen molar-refractivity contribution < 1.29 is 4.42 Å². The molecule has 0 spiro atoms. The van der Waals surface area contributed by atoms with E-state index in [0.29, 0.717) is 5.41 Å². The second kappa shape index (κ2) is 7.59. The highest BCUT2D eigenvalue weighted by Crippen LogP contribution is 2.60. The molecule has 9 rings (SSSR count). The molecule has 0 aliphatic heterocycles. The zero-order valence-corrected chi connectivity index (χ0v) is 21.0. The fourth-order valence-corrected chi connectivity index (χ4v) is 8.56. The zero-order valence-electron chi connectivity index (χ0n) is 21.0. The van der Waals surface area contributed by atoms with Crippen LogP contribution in [0.5, 0.6) is 0 Å². The van der Waals surface area contributed by atoms with Gasteiger partial charge in [0.15, 0.2) is 0 Å². The van der Waals surface area contributed by atoms with Gasteiger partial charge in [0, 0.05) is 16.3 Å². The average Bonchev–Trinajstić information content (AvgIpc) is 3.27. The Hall–Kier alpha value is -3.32. The van der Waals surface area contributed by atoms with Crippen molar-refractivity contribution in [2.24, 2.45) is 17.8 Å². The molecule has 0 unspecified atom stereocenters. The van der Waals surface area contributed by atoms with Gasteiger partial charge in [-0.1, -0.05) is 72.8 Å². The largest absolute Gasteiger partial charge is 0.455 e. The number of rotatable bonds is 3. The fraction of sp³-hybridized carbons (Fsp3) is 0.314. The monoisotopic (exact) mass is 468 g/mol. The molecule has 1 heterocycles. The third-order valence-electron chi connectivity index (χ3n) is 9.66. The third kappa shape index (κ3) is 3.15. The molecule has 4 aliphatic rings. The molecule has 4 bridgehead atoms. The predicted molar refractivity (Wildman–Crippen MR) is 149 cm³/mol. The lowest BCUT2D eigenvalue weighted by Crippen LogP contribution is -2.48. The Kier molecular flexibility index (Phi) is 4.39. The van der Waals surface area contributed by atoms with Gasteiger partial charge in [0.25, 0.3) is 0 Å². The van der Waals surface area contributed by atoms with Crippen molar-refractivity contribution in [1.82, 2.24) is 0 Å². The quantitative estimate of drug-likeness (QED) is 0.257. The number of furan rings is 1. The van der Waals surface area contributed by atoms with Gasteiger partial charge in [0.05, 0.1) is 0 Å². The van der Waals surface area contributed by atoms with Crippen LogP contribution in [-0.4, -0.2) is 0 Å². The molecule has 0 radical (unpaired) electrons. The SMILES string of the molecule is Cc1cc(-c2ccc(C34CC5CC(CC(C5)C3)C4)cc2)cc(-c2cccc3c2oc2ccccc23)c1. The Balaban J connectivity index is 1.18. The summed E-state index contributed by atoms with van der Waals surface area (Å²) >= 11 is 0. The maximum absolute atomic E-state index is 6.36. The van der Waals surface area contributed by atoms with E-state index in [1.165, 1.54) is 77.1 Å². The molecule has 1 heteroatoms. The van der Waals surface area contributed by atoms with Crippen molar-refractivity contribution in [1.29, 1.82) is 0 Å². The van der Waals surface area contributed by atoms with E-state index >= 15 is 0 Å². The molecule has 5 aromatic rings. The van der Waals surface area contributed by atoms with Gasteiger partial charge < -0.3 is 4.42 Å². The lowest BCUT2D eigenvalue weighted by molar-refractivity contribution is -0.00518. The van der Waals surface area contributed by atoms with E-state index in [2.05, 4.69) is 85.8 Å². The van der Waals surface area contributed by atoms with Gasteiger partial charge in [-0.05, 0) is 109 Å². The second-order valence-corrected chi connectivity index (χ2v) is 12.1. The Morgan fingerprint density at radius 1 is 0.639 bits per heavy atom. The Labute approximate surface area is 213 Å². The number of para-hydroxylation sites is 2. The summed E-state index contributed by atoms with van der Waals surface area (Å²) in [4.78, 5) is 0. The second-order valence-electron chi connectivity index (χ2n) is 12.1. The summed E-state index contributed by atoms with van der Waals surface area (Å²) in [6.07, 6.45) is 8.78. The number of aryl methyl sites for hydroxylation is 1. The minimum absolute atomic E-state index is 0.460. The number of hydrogen-bond donors (Lipinski definition) is 0. The van der Waals surface area contributed by atoms with Crippen molar-refractivity contribution in [3.63, 3.8) is 0 Å². The lowest BCUT2D eigenvalue weighted by Gasteiger charge is -2.57. The lowest BCUT2D eigenvalue weighted by atomic mass is 9.48. The van der Waals surface area contributed by atoms with Crippen LogP contribution >= 0.6 is 0 Å². The molecule has 1 aromatic heterocycles. The van der Waals surface area contributed by atoms with E-state index in [0.717, 1.165) is 28.9 Å². The summed E-state index contributed by atoms with van der Waals surface area (Å²) in [6.45, 7) is 2.20. The summed E-state index contributed by atoms with van der Waals surface area (Å²) in [6, 6.07) is 31.5. The Bertz CT molecular complexity index is 1580. The Morgan fingerprint density at radius 2 is 1.31 bits per heavy atom. The van der Waals surface area contributed by atoms with Crippen LogP contribution in [0, 0.1) is 24.7 Å². The highest BCUT2D eigenvalue weighted by molar-refractivity contribution is 6.09. The molecule has 0 amide bonds. The molecule has 1 nitrogen and oxygen atoms in total. The van der Waals surface area contributed by atoms with Crippen LogP contribution in [0.15, 0.2) is 89.3 Å². The van der Waals surface area contributed by atoms with Crippen LogP contribution in [0.4, 0.5) is 0 Å². The van der Waals surface area contributed by atoms with Crippen LogP contribution in [0.1, 0.15) is 49.7 Å². The van der Waals surface area contributed by atoms with Gasteiger partial charge in [-0.3, -0.25) is 0 Å². The van der Waals surface area contributed by atoms with Crippen molar-refractivity contribution in [3.8, 4) is 22.3 Å². The van der Waals surface area contributed by atoms with Gasteiger partial charge in [-0.25, -0.2) is 0 Å². The summed E-state index contributed by atoms with van der Waals surface area (Å²) in [7, 11) is 0. The molecule has 0 N–H and O–H groups in total. The summed E-state index contributed by atoms with van der Waals surface area (Å²) in [5.41, 5.74) is 10.3. The molecule has 36 heavy (non-hydrogen) atoms. The fourth-order valence-electron chi connectivity index (χ4n) is 8.56. The van der Waals surface area contributed by atoms with E-state index in [-0.39, 0.29) is 0 Å². The smallest absolute Gasteiger partial charge is 0.143 e. The molecule has 0 atom stereocenters. The Morgan fingerprint density at radius 3 is 2.06 bits per heavy atom. The van der Waals surface area contributed by atoms with Gasteiger partial charge in [0.2, 0.25) is 0 Å². The molecular formula is C35H32O. The van der Waals surface area contributed by atoms with Crippen LogP contribution in [0.25, 0.3) is 44.2 Å². The standard InChI is InChI=1S/C35H32O/c1-22-13-27(18-28(14-22)30-6-4-7-32-31-5-2-3-8-33(31)36-34(30)32)26-9-11-29(12-10-26)35-19-23-15-24(20-35)17-25(16-23)21-35/h2-14,18,23-25H,15-17,19-21H2,1H3. The summed E-state index contributed by atoms with van der Waals surface area (Å²) < 4.78 is 6.36. The molecule has 178 valence electrons. The minimum Gasteiger partial charge on any atom is -0.455 e. The zero-order chi connectivity index (χ0) is 23.9. The molecule has 4 saturated carbocycles. The van der Waals surface area contributed by atoms with Crippen molar-refractivity contribution >= 4 is 21.9 Å². The number of benzene rings is 4. The minimum atomic E-state index is 0.460. The first-order chi connectivity index (χ1) is 17.6. The van der Waals surface area contributed by atoms with E-state index in [1.54, 1.807) is 5.56 Å². The first kappa shape index (κ1) is 20.8. The summed E-state index contributed by atoms with van der Waals surface area (Å²) in [5.74, 6) is 2.95. The topological polar surface area (TPSA) is 13.1 Å². The average molecular weight is 469 g/mol. The molecule has 4 aliphatic carbocycles. The molecule has 4 fully saturated rings. The van der Waals surface area contributed by atoms with E-state index < -0.39 is 0 Å². The predicted octanol–water partition coefficient (Wildman–Crippen LogP) is 9.70. The van der Waals surface area contributed by atoms with E-state index in [9.17, 15) is 0 Å². The maximum atomic E-state index is 6.36. The van der Waals surface area contributed by atoms with Gasteiger partial charge in [-0.2, -0.15) is 0 Å². The van der Waals surface area contributed by atoms with Crippen molar-refractivity contribution in [2.75, 3.05) is 0 Å². The third-order valence-corrected chi connectivity index (χ3v) is 9.66. The van der Waals surface area contributed by atoms with Crippen LogP contribution in [-0.2, 0) is 5.41 Å². The van der Waals surface area contributed by atoms with Gasteiger partial charge >= 0.3 is 0 Å². The van der Waals surface area contributed by atoms with E-state index in [1.807, 2.05) is 6.07 Å². The molecular weight excluding hydrogens is 436 g/mol. The van der Waals surface area contributed by atoms with Crippen LogP contribution < -0.4 is 0 Å². The molecule has 4 aromatic carbocycles. The van der Waals surface area contributed by atoms with Crippen molar-refractivity contribution in [3.05, 3.63) is 96.1 Å². The first-order valence-electron chi connectivity index (χ1n) is 13.8. The maximum Gasteiger partial charge on any atom is 0.143 e. The first-order valence-corrected chi connectivity index (χ1v) is 13.8. The number of fused-ring (bicyclic) bond motifs is 3. The molecule has 0 saturated heterocycles.